The highest BCUT2D eigenvalue weighted by molar-refractivity contribution is 5.94. The summed E-state index contributed by atoms with van der Waals surface area (Å²) in [5.41, 5.74) is 1.82. The number of methoxy groups -OCH3 is 1. The van der Waals surface area contributed by atoms with Crippen molar-refractivity contribution in [2.24, 2.45) is 0 Å². The van der Waals surface area contributed by atoms with Crippen molar-refractivity contribution in [2.45, 2.75) is 51.0 Å². The highest BCUT2D eigenvalue weighted by Gasteiger charge is 2.13. The predicted octanol–water partition coefficient (Wildman–Crippen LogP) is 4.20. The topological polar surface area (TPSA) is 63.2 Å². The molecule has 1 heterocycles. The minimum atomic E-state index is -0.0603. The normalized spacial score (nSPS) is 15.0. The van der Waals surface area contributed by atoms with Gasteiger partial charge in [0.05, 0.1) is 7.11 Å². The molecule has 1 amide bonds. The number of rotatable bonds is 7. The molecular formula is C22H29N3O2. The van der Waals surface area contributed by atoms with Crippen molar-refractivity contribution >= 4 is 11.7 Å². The van der Waals surface area contributed by atoms with E-state index in [2.05, 4.69) is 15.6 Å². The Bertz CT molecular complexity index is 723. The third-order valence-electron chi connectivity index (χ3n) is 5.09. The summed E-state index contributed by atoms with van der Waals surface area (Å²) in [5, 5.41) is 6.50. The number of nitrogens with zero attached hydrogens (tertiary/aromatic N) is 1. The van der Waals surface area contributed by atoms with Gasteiger partial charge in [0.15, 0.2) is 0 Å². The minimum Gasteiger partial charge on any atom is -0.497 e. The molecule has 0 aliphatic heterocycles. The molecule has 0 saturated heterocycles. The second kappa shape index (κ2) is 9.95. The second-order valence-corrected chi connectivity index (χ2v) is 7.12. The van der Waals surface area contributed by atoms with Gasteiger partial charge in [-0.1, -0.05) is 37.8 Å². The average Bonchev–Trinajstić information content (AvgIpc) is 2.97. The number of nitrogens with one attached hydrogen (secondary N) is 2. The van der Waals surface area contributed by atoms with Crippen LogP contribution in [0.4, 0.5) is 5.82 Å². The quantitative estimate of drug-likeness (QED) is 0.720. The molecule has 1 aromatic carbocycles. The van der Waals surface area contributed by atoms with Gasteiger partial charge in [0.25, 0.3) is 5.91 Å². The van der Waals surface area contributed by atoms with Gasteiger partial charge in [0.2, 0.25) is 0 Å². The third-order valence-corrected chi connectivity index (χ3v) is 5.09. The van der Waals surface area contributed by atoms with E-state index in [4.69, 9.17) is 4.74 Å². The molecule has 0 radical (unpaired) electrons. The van der Waals surface area contributed by atoms with Crippen LogP contribution in [-0.2, 0) is 6.42 Å². The molecule has 1 aliphatic carbocycles. The molecule has 1 fully saturated rings. The predicted molar refractivity (Wildman–Crippen MR) is 108 cm³/mol. The fraction of sp³-hybridized carbons (Fsp3) is 0.455. The van der Waals surface area contributed by atoms with Crippen LogP contribution in [0.25, 0.3) is 0 Å². The van der Waals surface area contributed by atoms with Gasteiger partial charge in [-0.2, -0.15) is 0 Å². The van der Waals surface area contributed by atoms with Crippen molar-refractivity contribution in [2.75, 3.05) is 19.0 Å². The zero-order valence-electron chi connectivity index (χ0n) is 16.0. The maximum atomic E-state index is 12.4. The molecule has 1 aromatic heterocycles. The number of carbonyl (C=O) groups is 1. The van der Waals surface area contributed by atoms with Gasteiger partial charge in [0.1, 0.15) is 11.6 Å². The summed E-state index contributed by atoms with van der Waals surface area (Å²) in [6.45, 7) is 0.596. The monoisotopic (exact) mass is 367 g/mol. The van der Waals surface area contributed by atoms with E-state index >= 15 is 0 Å². The number of hydrogen-bond donors (Lipinski definition) is 2. The fourth-order valence-electron chi connectivity index (χ4n) is 3.50. The first kappa shape index (κ1) is 19.2. The Morgan fingerprint density at radius 3 is 2.56 bits per heavy atom. The van der Waals surface area contributed by atoms with Crippen molar-refractivity contribution in [1.82, 2.24) is 10.3 Å². The molecule has 3 rings (SSSR count). The lowest BCUT2D eigenvalue weighted by atomic mass is 10.1. The molecule has 1 saturated carbocycles. The van der Waals surface area contributed by atoms with Crippen LogP contribution in [0.15, 0.2) is 42.6 Å². The van der Waals surface area contributed by atoms with E-state index < -0.39 is 0 Å². The number of ether oxygens (including phenoxy) is 1. The molecule has 0 bridgehead atoms. The first-order valence-corrected chi connectivity index (χ1v) is 9.88. The van der Waals surface area contributed by atoms with Crippen LogP contribution < -0.4 is 15.4 Å². The standard InChI is InChI=1S/C22H29N3O2/c1-27-20-10-8-17(9-11-20)12-14-24-22(26)18-13-15-23-21(16-18)25-19-6-4-2-3-5-7-19/h8-11,13,15-16,19H,2-7,12,14H2,1H3,(H,23,25)(H,24,26). The van der Waals surface area contributed by atoms with E-state index in [-0.39, 0.29) is 5.91 Å². The number of benzene rings is 1. The van der Waals surface area contributed by atoms with E-state index in [1.54, 1.807) is 19.4 Å². The zero-order chi connectivity index (χ0) is 18.9. The fourth-order valence-corrected chi connectivity index (χ4v) is 3.50. The van der Waals surface area contributed by atoms with E-state index in [0.717, 1.165) is 18.0 Å². The van der Waals surface area contributed by atoms with Gasteiger partial charge in [-0.25, -0.2) is 4.98 Å². The smallest absolute Gasteiger partial charge is 0.251 e. The van der Waals surface area contributed by atoms with Crippen LogP contribution in [0.2, 0.25) is 0 Å². The van der Waals surface area contributed by atoms with Crippen molar-refractivity contribution in [3.05, 3.63) is 53.7 Å². The van der Waals surface area contributed by atoms with Crippen LogP contribution in [0.1, 0.15) is 54.4 Å². The van der Waals surface area contributed by atoms with E-state index in [1.165, 1.54) is 44.1 Å². The molecule has 5 nitrogen and oxygen atoms in total. The van der Waals surface area contributed by atoms with Gasteiger partial charge in [-0.3, -0.25) is 4.79 Å². The minimum absolute atomic E-state index is 0.0603. The molecule has 0 spiro atoms. The average molecular weight is 367 g/mol. The van der Waals surface area contributed by atoms with Gasteiger partial charge >= 0.3 is 0 Å². The molecule has 0 atom stereocenters. The van der Waals surface area contributed by atoms with Crippen LogP contribution in [-0.4, -0.2) is 30.6 Å². The molecule has 2 N–H and O–H groups in total. The Balaban J connectivity index is 1.50. The van der Waals surface area contributed by atoms with Gasteiger partial charge in [-0.05, 0) is 49.1 Å². The molecule has 2 aromatic rings. The summed E-state index contributed by atoms with van der Waals surface area (Å²) in [5.74, 6) is 1.58. The summed E-state index contributed by atoms with van der Waals surface area (Å²) in [6.07, 6.45) is 10.0. The lowest BCUT2D eigenvalue weighted by molar-refractivity contribution is 0.0954. The van der Waals surface area contributed by atoms with Crippen LogP contribution in [0.3, 0.4) is 0 Å². The SMILES string of the molecule is COc1ccc(CCNC(=O)c2ccnc(NC3CCCCCC3)c2)cc1. The van der Waals surface area contributed by atoms with E-state index in [0.29, 0.717) is 18.2 Å². The summed E-state index contributed by atoms with van der Waals surface area (Å²) in [6, 6.07) is 12.0. The molecule has 144 valence electrons. The number of aromatic nitrogens is 1. The number of amides is 1. The van der Waals surface area contributed by atoms with E-state index in [1.807, 2.05) is 30.3 Å². The van der Waals surface area contributed by atoms with Crippen molar-refractivity contribution < 1.29 is 9.53 Å². The summed E-state index contributed by atoms with van der Waals surface area (Å²) < 4.78 is 5.16. The first-order valence-electron chi connectivity index (χ1n) is 9.88. The zero-order valence-corrected chi connectivity index (χ0v) is 16.0. The molecule has 0 unspecified atom stereocenters. The Morgan fingerprint density at radius 2 is 1.85 bits per heavy atom. The number of hydrogen-bond acceptors (Lipinski definition) is 4. The van der Waals surface area contributed by atoms with Crippen molar-refractivity contribution in [1.29, 1.82) is 0 Å². The number of carbonyl (C=O) groups excluding carboxylic acids is 1. The van der Waals surface area contributed by atoms with Crippen molar-refractivity contribution in [3.63, 3.8) is 0 Å². The molecule has 27 heavy (non-hydrogen) atoms. The molecular weight excluding hydrogens is 338 g/mol. The first-order chi connectivity index (χ1) is 13.2. The van der Waals surface area contributed by atoms with Crippen LogP contribution in [0.5, 0.6) is 5.75 Å². The van der Waals surface area contributed by atoms with Gasteiger partial charge < -0.3 is 15.4 Å². The lowest BCUT2D eigenvalue weighted by Crippen LogP contribution is -2.26. The third kappa shape index (κ3) is 5.98. The Morgan fingerprint density at radius 1 is 1.11 bits per heavy atom. The molecule has 5 heteroatoms. The van der Waals surface area contributed by atoms with Gasteiger partial charge in [-0.15, -0.1) is 0 Å². The Labute approximate surface area is 161 Å². The van der Waals surface area contributed by atoms with Gasteiger partial charge in [0, 0.05) is 24.3 Å². The second-order valence-electron chi connectivity index (χ2n) is 7.12. The van der Waals surface area contributed by atoms with E-state index in [9.17, 15) is 4.79 Å². The summed E-state index contributed by atoms with van der Waals surface area (Å²) >= 11 is 0. The largest absolute Gasteiger partial charge is 0.497 e. The van der Waals surface area contributed by atoms with Crippen LogP contribution in [0, 0.1) is 0 Å². The highest BCUT2D eigenvalue weighted by Crippen LogP contribution is 2.20. The Kier molecular flexibility index (Phi) is 7.08. The highest BCUT2D eigenvalue weighted by atomic mass is 16.5. The Hall–Kier alpha value is -2.56. The molecule has 1 aliphatic rings. The van der Waals surface area contributed by atoms with Crippen molar-refractivity contribution in [3.8, 4) is 5.75 Å². The number of anilines is 1. The van der Waals surface area contributed by atoms with Crippen LogP contribution >= 0.6 is 0 Å². The maximum Gasteiger partial charge on any atom is 0.251 e. The summed E-state index contributed by atoms with van der Waals surface area (Å²) in [7, 11) is 1.66. The lowest BCUT2D eigenvalue weighted by Gasteiger charge is -2.17. The number of pyridine rings is 1. The summed E-state index contributed by atoms with van der Waals surface area (Å²) in [4.78, 5) is 16.8. The maximum absolute atomic E-state index is 12.4.